The van der Waals surface area contributed by atoms with Crippen LogP contribution in [0.25, 0.3) is 0 Å². The van der Waals surface area contributed by atoms with E-state index >= 15 is 0 Å². The molecule has 2 heteroatoms. The Labute approximate surface area is 72.7 Å². The Morgan fingerprint density at radius 1 is 1.58 bits per heavy atom. The highest BCUT2D eigenvalue weighted by molar-refractivity contribution is 5.27. The molecule has 1 heterocycles. The molecule has 66 valence electrons. The quantitative estimate of drug-likeness (QED) is 0.744. The van der Waals surface area contributed by atoms with E-state index in [0.29, 0.717) is 6.54 Å². The molecule has 2 nitrogen and oxygen atoms in total. The molecule has 0 atom stereocenters. The Morgan fingerprint density at radius 3 is 2.92 bits per heavy atom. The maximum atomic E-state index is 5.63. The summed E-state index contributed by atoms with van der Waals surface area (Å²) in [5, 5.41) is 0. The van der Waals surface area contributed by atoms with Crippen LogP contribution >= 0.6 is 0 Å². The zero-order valence-corrected chi connectivity index (χ0v) is 7.47. The third-order valence-electron chi connectivity index (χ3n) is 2.57. The van der Waals surface area contributed by atoms with Gasteiger partial charge in [0.1, 0.15) is 5.76 Å². The van der Waals surface area contributed by atoms with Gasteiger partial charge in [0.25, 0.3) is 0 Å². The highest BCUT2D eigenvalue weighted by atomic mass is 16.3. The zero-order valence-electron chi connectivity index (χ0n) is 7.47. The standard InChI is InChI=1S/C10H15NO/c1-7-6-12-10(9(7)5-11)4-8-2-3-8/h6,8H,2-5,11H2,1H3. The summed E-state index contributed by atoms with van der Waals surface area (Å²) >= 11 is 0. The highest BCUT2D eigenvalue weighted by Crippen LogP contribution is 2.34. The number of hydrogen-bond acceptors (Lipinski definition) is 2. The van der Waals surface area contributed by atoms with Crippen LogP contribution in [0.3, 0.4) is 0 Å². The van der Waals surface area contributed by atoms with Gasteiger partial charge >= 0.3 is 0 Å². The minimum Gasteiger partial charge on any atom is -0.469 e. The van der Waals surface area contributed by atoms with Gasteiger partial charge in [0, 0.05) is 18.5 Å². The van der Waals surface area contributed by atoms with Crippen LogP contribution in [0.5, 0.6) is 0 Å². The molecule has 0 bridgehead atoms. The van der Waals surface area contributed by atoms with E-state index in [4.69, 9.17) is 10.2 Å². The van der Waals surface area contributed by atoms with E-state index in [-0.39, 0.29) is 0 Å². The van der Waals surface area contributed by atoms with Crippen molar-refractivity contribution in [2.75, 3.05) is 0 Å². The van der Waals surface area contributed by atoms with Crippen LogP contribution in [-0.2, 0) is 13.0 Å². The summed E-state index contributed by atoms with van der Waals surface area (Å²) in [6.45, 7) is 2.67. The molecule has 1 aliphatic rings. The molecule has 1 aliphatic carbocycles. The molecule has 12 heavy (non-hydrogen) atoms. The molecule has 2 N–H and O–H groups in total. The predicted octanol–water partition coefficient (Wildman–Crippen LogP) is 2.00. The number of rotatable bonds is 3. The Morgan fingerprint density at radius 2 is 2.33 bits per heavy atom. The van der Waals surface area contributed by atoms with Gasteiger partial charge in [0.2, 0.25) is 0 Å². The minimum absolute atomic E-state index is 0.615. The summed E-state index contributed by atoms with van der Waals surface area (Å²) in [5.41, 5.74) is 8.06. The topological polar surface area (TPSA) is 39.2 Å². The van der Waals surface area contributed by atoms with Crippen LogP contribution in [0.15, 0.2) is 10.7 Å². The maximum absolute atomic E-state index is 5.63. The fourth-order valence-corrected chi connectivity index (χ4v) is 1.55. The van der Waals surface area contributed by atoms with Crippen molar-refractivity contribution in [1.82, 2.24) is 0 Å². The normalized spacial score (nSPS) is 16.8. The highest BCUT2D eigenvalue weighted by Gasteiger charge is 2.24. The van der Waals surface area contributed by atoms with Gasteiger partial charge in [-0.25, -0.2) is 0 Å². The fraction of sp³-hybridized carbons (Fsp3) is 0.600. The van der Waals surface area contributed by atoms with Gasteiger partial charge in [-0.1, -0.05) is 0 Å². The number of hydrogen-bond donors (Lipinski definition) is 1. The van der Waals surface area contributed by atoms with Crippen LogP contribution < -0.4 is 5.73 Å². The maximum Gasteiger partial charge on any atom is 0.108 e. The van der Waals surface area contributed by atoms with Gasteiger partial charge in [0.05, 0.1) is 6.26 Å². The van der Waals surface area contributed by atoms with Crippen LogP contribution in [0.4, 0.5) is 0 Å². The minimum atomic E-state index is 0.615. The molecule has 0 aromatic carbocycles. The largest absolute Gasteiger partial charge is 0.469 e. The van der Waals surface area contributed by atoms with Crippen LogP contribution in [-0.4, -0.2) is 0 Å². The monoisotopic (exact) mass is 165 g/mol. The Balaban J connectivity index is 2.16. The molecule has 1 aromatic rings. The van der Waals surface area contributed by atoms with E-state index in [1.807, 2.05) is 6.26 Å². The van der Waals surface area contributed by atoms with Crippen molar-refractivity contribution in [3.63, 3.8) is 0 Å². The van der Waals surface area contributed by atoms with E-state index in [0.717, 1.165) is 18.1 Å². The summed E-state index contributed by atoms with van der Waals surface area (Å²) in [6, 6.07) is 0. The van der Waals surface area contributed by atoms with Crippen molar-refractivity contribution in [2.24, 2.45) is 11.7 Å². The number of nitrogens with two attached hydrogens (primary N) is 1. The van der Waals surface area contributed by atoms with Crippen molar-refractivity contribution in [3.8, 4) is 0 Å². The molecule has 0 spiro atoms. The van der Waals surface area contributed by atoms with Gasteiger partial charge in [-0.3, -0.25) is 0 Å². The predicted molar refractivity (Wildman–Crippen MR) is 47.8 cm³/mol. The SMILES string of the molecule is Cc1coc(CC2CC2)c1CN. The van der Waals surface area contributed by atoms with Gasteiger partial charge in [0.15, 0.2) is 0 Å². The van der Waals surface area contributed by atoms with Crippen molar-refractivity contribution in [1.29, 1.82) is 0 Å². The zero-order chi connectivity index (χ0) is 8.55. The lowest BCUT2D eigenvalue weighted by Gasteiger charge is -1.98. The summed E-state index contributed by atoms with van der Waals surface area (Å²) in [6.07, 6.45) is 5.65. The van der Waals surface area contributed by atoms with Gasteiger partial charge in [-0.2, -0.15) is 0 Å². The molecule has 0 aliphatic heterocycles. The van der Waals surface area contributed by atoms with Crippen LogP contribution in [0.1, 0.15) is 29.7 Å². The third kappa shape index (κ3) is 1.39. The third-order valence-corrected chi connectivity index (χ3v) is 2.57. The first-order valence-electron chi connectivity index (χ1n) is 4.57. The lowest BCUT2D eigenvalue weighted by Crippen LogP contribution is -2.00. The Kier molecular flexibility index (Phi) is 1.93. The lowest BCUT2D eigenvalue weighted by atomic mass is 10.1. The van der Waals surface area contributed by atoms with E-state index in [9.17, 15) is 0 Å². The molecular formula is C10H15NO. The van der Waals surface area contributed by atoms with Crippen molar-refractivity contribution >= 4 is 0 Å². The first-order valence-corrected chi connectivity index (χ1v) is 4.57. The average molecular weight is 165 g/mol. The molecular weight excluding hydrogens is 150 g/mol. The second kappa shape index (κ2) is 2.94. The first kappa shape index (κ1) is 7.87. The number of aryl methyl sites for hydroxylation is 1. The molecule has 2 rings (SSSR count). The van der Waals surface area contributed by atoms with E-state index < -0.39 is 0 Å². The van der Waals surface area contributed by atoms with Crippen LogP contribution in [0, 0.1) is 12.8 Å². The average Bonchev–Trinajstić information content (AvgIpc) is 2.78. The molecule has 0 amide bonds. The summed E-state index contributed by atoms with van der Waals surface area (Å²) in [4.78, 5) is 0. The molecule has 1 aromatic heterocycles. The first-order chi connectivity index (χ1) is 5.81. The summed E-state index contributed by atoms with van der Waals surface area (Å²) in [5.74, 6) is 2.00. The Bertz CT molecular complexity index is 273. The molecule has 0 saturated heterocycles. The van der Waals surface area contributed by atoms with Gasteiger partial charge in [-0.15, -0.1) is 0 Å². The fourth-order valence-electron chi connectivity index (χ4n) is 1.55. The molecule has 1 saturated carbocycles. The molecule has 0 radical (unpaired) electrons. The van der Waals surface area contributed by atoms with Crippen molar-refractivity contribution < 1.29 is 4.42 Å². The van der Waals surface area contributed by atoms with Crippen molar-refractivity contribution in [3.05, 3.63) is 23.2 Å². The smallest absolute Gasteiger partial charge is 0.108 e. The second-order valence-corrected chi connectivity index (χ2v) is 3.67. The molecule has 1 fully saturated rings. The summed E-state index contributed by atoms with van der Waals surface area (Å²) in [7, 11) is 0. The lowest BCUT2D eigenvalue weighted by molar-refractivity contribution is 0.492. The second-order valence-electron chi connectivity index (χ2n) is 3.67. The number of furan rings is 1. The Hall–Kier alpha value is -0.760. The van der Waals surface area contributed by atoms with Crippen LogP contribution in [0.2, 0.25) is 0 Å². The summed E-state index contributed by atoms with van der Waals surface area (Å²) < 4.78 is 5.46. The molecule has 0 unspecified atom stereocenters. The van der Waals surface area contributed by atoms with E-state index in [1.165, 1.54) is 24.0 Å². The van der Waals surface area contributed by atoms with E-state index in [2.05, 4.69) is 6.92 Å². The van der Waals surface area contributed by atoms with Gasteiger partial charge in [-0.05, 0) is 31.2 Å². The van der Waals surface area contributed by atoms with Crippen molar-refractivity contribution in [2.45, 2.75) is 32.7 Å². The van der Waals surface area contributed by atoms with Gasteiger partial charge < -0.3 is 10.2 Å². The van der Waals surface area contributed by atoms with E-state index in [1.54, 1.807) is 0 Å².